The Balaban J connectivity index is 1.68. The first-order chi connectivity index (χ1) is 21.2. The van der Waals surface area contributed by atoms with Crippen LogP contribution in [0.5, 0.6) is 5.75 Å². The maximum Gasteiger partial charge on any atom is 0.459 e. The average molecular weight is 644 g/mol. The number of hydrogen-bond donors (Lipinski definition) is 4. The molecule has 0 spiro atoms. The first-order valence-electron chi connectivity index (χ1n) is 13.7. The smallest absolute Gasteiger partial charge is 0.459 e. The maximum atomic E-state index is 14.4. The van der Waals surface area contributed by atoms with Gasteiger partial charge in [-0.2, -0.15) is 10.1 Å². The molecule has 3 aromatic rings. The number of nitrogen functional groups attached to an aromatic ring is 1. The van der Waals surface area contributed by atoms with Crippen LogP contribution in [0.1, 0.15) is 32.6 Å². The summed E-state index contributed by atoms with van der Waals surface area (Å²) in [7, 11) is -4.63. The number of aromatic nitrogens is 2. The van der Waals surface area contributed by atoms with Gasteiger partial charge in [0.25, 0.3) is 0 Å². The number of azide groups is 1. The summed E-state index contributed by atoms with van der Waals surface area (Å²) in [6, 6.07) is 16.7. The molecule has 2 aromatic carbocycles. The Kier molecular flexibility index (Phi) is 10.3. The van der Waals surface area contributed by atoms with Gasteiger partial charge in [-0.15, -0.1) is 0 Å². The number of carbonyl (C=O) groups is 1. The molecule has 17 heteroatoms. The lowest BCUT2D eigenvalue weighted by atomic mass is 10.1. The van der Waals surface area contributed by atoms with Crippen molar-refractivity contribution in [1.82, 2.24) is 14.6 Å². The zero-order valence-electron chi connectivity index (χ0n) is 24.7. The van der Waals surface area contributed by atoms with Crippen molar-refractivity contribution in [3.63, 3.8) is 0 Å². The fraction of sp³-hybridized carbons (Fsp3) is 0.393. The molecule has 1 fully saturated rings. The number of para-hydroxylation sites is 1. The highest BCUT2D eigenvalue weighted by Gasteiger charge is 2.56. The van der Waals surface area contributed by atoms with Crippen LogP contribution in [-0.2, 0) is 29.8 Å². The van der Waals surface area contributed by atoms with Crippen molar-refractivity contribution in [3.05, 3.63) is 99.4 Å². The Morgan fingerprint density at radius 1 is 1.20 bits per heavy atom. The number of anilines is 1. The number of ether oxygens (including phenoxy) is 2. The van der Waals surface area contributed by atoms with Gasteiger partial charge < -0.3 is 29.9 Å². The van der Waals surface area contributed by atoms with E-state index in [4.69, 9.17) is 24.3 Å². The molecule has 0 bridgehead atoms. The molecule has 2 heterocycles. The van der Waals surface area contributed by atoms with Gasteiger partial charge >= 0.3 is 19.4 Å². The second-order valence-electron chi connectivity index (χ2n) is 11.1. The van der Waals surface area contributed by atoms with Crippen LogP contribution in [0, 0.1) is 0 Å². The number of hydrogen-bond acceptors (Lipinski definition) is 12. The van der Waals surface area contributed by atoms with E-state index in [1.807, 2.05) is 0 Å². The number of aliphatic hydroxyl groups is 2. The van der Waals surface area contributed by atoms with Crippen molar-refractivity contribution in [2.45, 2.75) is 63.0 Å². The maximum absolute atomic E-state index is 14.4. The van der Waals surface area contributed by atoms with Gasteiger partial charge in [0.2, 0.25) is 5.72 Å². The molecule has 1 aromatic heterocycles. The SMILES string of the molecule is CC(C)(C)OC(=O)[C@H](Cc1ccccc1)NP(=O)(OC[C@@]1(N=[N+]=[N-])O[C@@H](n2ccc(N)nc2=O)[C@H](O)[C@@H]1O)Oc1ccccc1. The highest BCUT2D eigenvalue weighted by Crippen LogP contribution is 2.48. The number of carbonyl (C=O) groups excluding carboxylic acids is 1. The third-order valence-corrected chi connectivity index (χ3v) is 7.99. The van der Waals surface area contributed by atoms with E-state index in [1.54, 1.807) is 69.3 Å². The quantitative estimate of drug-likeness (QED) is 0.0733. The van der Waals surface area contributed by atoms with E-state index >= 15 is 0 Å². The van der Waals surface area contributed by atoms with Gasteiger partial charge in [0.15, 0.2) is 6.23 Å². The Morgan fingerprint density at radius 2 is 1.84 bits per heavy atom. The summed E-state index contributed by atoms with van der Waals surface area (Å²) in [6.07, 6.45) is -4.26. The van der Waals surface area contributed by atoms with E-state index in [1.165, 1.54) is 18.2 Å². The van der Waals surface area contributed by atoms with E-state index in [0.717, 1.165) is 10.8 Å². The summed E-state index contributed by atoms with van der Waals surface area (Å²) in [4.78, 5) is 32.1. The fourth-order valence-corrected chi connectivity index (χ4v) is 5.91. The van der Waals surface area contributed by atoms with Crippen molar-refractivity contribution < 1.29 is 38.1 Å². The summed E-state index contributed by atoms with van der Waals surface area (Å²) in [5.41, 5.74) is 11.4. The molecule has 1 saturated heterocycles. The topological polar surface area (TPSA) is 233 Å². The normalized spacial score (nSPS) is 23.4. The highest BCUT2D eigenvalue weighted by atomic mass is 31.2. The first kappa shape index (κ1) is 33.6. The number of nitrogens with one attached hydrogen (secondary N) is 1. The van der Waals surface area contributed by atoms with E-state index in [9.17, 15) is 29.9 Å². The van der Waals surface area contributed by atoms with E-state index in [0.29, 0.717) is 5.56 Å². The molecule has 0 saturated carbocycles. The second-order valence-corrected chi connectivity index (χ2v) is 12.8. The van der Waals surface area contributed by atoms with Gasteiger partial charge in [-0.3, -0.25) is 13.9 Å². The fourth-order valence-electron chi connectivity index (χ4n) is 4.40. The van der Waals surface area contributed by atoms with Crippen LogP contribution in [0.25, 0.3) is 10.4 Å². The van der Waals surface area contributed by atoms with Crippen LogP contribution < -0.4 is 21.0 Å². The molecule has 4 rings (SSSR count). The van der Waals surface area contributed by atoms with Crippen molar-refractivity contribution in [3.8, 4) is 5.75 Å². The lowest BCUT2D eigenvalue weighted by Gasteiger charge is -2.31. The first-order valence-corrected chi connectivity index (χ1v) is 15.3. The zero-order valence-corrected chi connectivity index (χ0v) is 25.6. The molecule has 16 nitrogen and oxygen atoms in total. The minimum Gasteiger partial charge on any atom is -0.459 e. The highest BCUT2D eigenvalue weighted by molar-refractivity contribution is 7.52. The Morgan fingerprint density at radius 3 is 2.44 bits per heavy atom. The van der Waals surface area contributed by atoms with Gasteiger partial charge in [-0.05, 0) is 56.5 Å². The predicted octanol–water partition coefficient (Wildman–Crippen LogP) is 2.83. The third kappa shape index (κ3) is 8.47. The van der Waals surface area contributed by atoms with E-state index in [-0.39, 0.29) is 18.0 Å². The van der Waals surface area contributed by atoms with Gasteiger partial charge in [0.1, 0.15) is 35.4 Å². The molecule has 1 aliphatic heterocycles. The standard InChI is InChI=1S/C28H34N7O9P/c1-27(2,3)43-25(38)20(16-18-10-6-4-7-11-18)32-45(40,44-19-12-8-5-9-13-19)41-17-28(33-34-30)23(37)22(36)24(42-28)35-15-14-21(29)31-26(35)39/h4-15,20,22-24,36-37H,16-17H2,1-3H3,(H,32,40)(H2,29,31,39)/t20-,22+,23-,24+,28+,45?/m0/s1. The van der Waals surface area contributed by atoms with E-state index < -0.39 is 61.8 Å². The van der Waals surface area contributed by atoms with Crippen LogP contribution in [0.2, 0.25) is 0 Å². The molecular formula is C28H34N7O9P. The molecule has 0 aliphatic carbocycles. The van der Waals surface area contributed by atoms with Crippen LogP contribution in [0.3, 0.4) is 0 Å². The van der Waals surface area contributed by atoms with Crippen LogP contribution in [0.4, 0.5) is 5.82 Å². The number of benzene rings is 2. The molecule has 45 heavy (non-hydrogen) atoms. The zero-order chi connectivity index (χ0) is 32.8. The van der Waals surface area contributed by atoms with Gasteiger partial charge in [-0.25, -0.2) is 9.36 Å². The van der Waals surface area contributed by atoms with Crippen molar-refractivity contribution >= 4 is 19.5 Å². The second kappa shape index (κ2) is 13.8. The number of aliphatic hydroxyl groups excluding tert-OH is 2. The summed E-state index contributed by atoms with van der Waals surface area (Å²) >= 11 is 0. The molecule has 0 radical (unpaired) electrons. The van der Waals surface area contributed by atoms with Crippen molar-refractivity contribution in [2.75, 3.05) is 12.3 Å². The molecule has 1 unspecified atom stereocenters. The molecule has 5 N–H and O–H groups in total. The molecule has 240 valence electrons. The number of nitrogens with zero attached hydrogens (tertiary/aromatic N) is 5. The van der Waals surface area contributed by atoms with Gasteiger partial charge in [0, 0.05) is 11.1 Å². The Bertz CT molecular complexity index is 1630. The van der Waals surface area contributed by atoms with Crippen LogP contribution in [0.15, 0.2) is 82.8 Å². The van der Waals surface area contributed by atoms with Crippen molar-refractivity contribution in [2.24, 2.45) is 5.11 Å². The minimum atomic E-state index is -4.63. The monoisotopic (exact) mass is 643 g/mol. The molecular weight excluding hydrogens is 609 g/mol. The summed E-state index contributed by atoms with van der Waals surface area (Å²) in [6.45, 7) is 4.06. The van der Waals surface area contributed by atoms with Gasteiger partial charge in [-0.1, -0.05) is 53.6 Å². The lowest BCUT2D eigenvalue weighted by molar-refractivity contribution is -0.157. The van der Waals surface area contributed by atoms with E-state index in [2.05, 4.69) is 20.1 Å². The predicted molar refractivity (Wildman–Crippen MR) is 160 cm³/mol. The third-order valence-electron chi connectivity index (χ3n) is 6.44. The molecule has 6 atom stereocenters. The number of esters is 1. The van der Waals surface area contributed by atoms with Gasteiger partial charge in [0.05, 0.1) is 6.61 Å². The summed E-state index contributed by atoms with van der Waals surface area (Å²) < 4.78 is 38.0. The lowest BCUT2D eigenvalue weighted by Crippen LogP contribution is -2.46. The van der Waals surface area contributed by atoms with Crippen LogP contribution >= 0.6 is 7.75 Å². The molecule has 1 aliphatic rings. The average Bonchev–Trinajstić information content (AvgIpc) is 3.21. The minimum absolute atomic E-state index is 0.00964. The Hall–Kier alpha value is -4.27. The molecule has 0 amide bonds. The largest absolute Gasteiger partial charge is 0.459 e. The summed E-state index contributed by atoms with van der Waals surface area (Å²) in [5.74, 6) is -0.785. The number of rotatable bonds is 12. The van der Waals surface area contributed by atoms with Crippen molar-refractivity contribution in [1.29, 1.82) is 0 Å². The summed E-state index contributed by atoms with van der Waals surface area (Å²) in [5, 5.41) is 28.0. The Labute approximate surface area is 257 Å². The number of nitrogens with two attached hydrogens (primary N) is 1. The van der Waals surface area contributed by atoms with Crippen LogP contribution in [-0.4, -0.2) is 61.9 Å².